The van der Waals surface area contributed by atoms with Crippen molar-refractivity contribution in [3.8, 4) is 11.5 Å². The number of carbonyl (C=O) groups excluding carboxylic acids is 2. The summed E-state index contributed by atoms with van der Waals surface area (Å²) in [5.74, 6) is -0.0727. The zero-order valence-corrected chi connectivity index (χ0v) is 18.8. The molecule has 0 radical (unpaired) electrons. The number of ether oxygens (including phenoxy) is 2. The second kappa shape index (κ2) is 11.8. The fourth-order valence-electron chi connectivity index (χ4n) is 3.63. The summed E-state index contributed by atoms with van der Waals surface area (Å²) in [6.45, 7) is 1.93. The lowest BCUT2D eigenvalue weighted by Gasteiger charge is -2.30. The van der Waals surface area contributed by atoms with E-state index in [9.17, 15) is 19.7 Å². The van der Waals surface area contributed by atoms with Gasteiger partial charge in [0.1, 0.15) is 0 Å². The molecule has 1 fully saturated rings. The number of hydrazone groups is 1. The van der Waals surface area contributed by atoms with E-state index in [0.717, 1.165) is 18.7 Å². The van der Waals surface area contributed by atoms with Crippen LogP contribution in [-0.2, 0) is 16.1 Å². The van der Waals surface area contributed by atoms with Gasteiger partial charge in [-0.3, -0.25) is 24.6 Å². The van der Waals surface area contributed by atoms with Crippen LogP contribution in [0.1, 0.15) is 24.0 Å². The van der Waals surface area contributed by atoms with Gasteiger partial charge in [0.25, 0.3) is 11.6 Å². The number of carbonyl (C=O) groups is 2. The number of non-ortho nitro benzene ring substituents is 1. The molecule has 1 aliphatic heterocycles. The number of likely N-dealkylation sites (tertiary alicyclic amines) is 1. The number of hydrogen-bond donors (Lipinski definition) is 2. The van der Waals surface area contributed by atoms with Gasteiger partial charge in [-0.2, -0.15) is 5.10 Å². The van der Waals surface area contributed by atoms with Crippen molar-refractivity contribution in [1.29, 1.82) is 0 Å². The van der Waals surface area contributed by atoms with Crippen molar-refractivity contribution in [2.45, 2.75) is 19.4 Å². The van der Waals surface area contributed by atoms with E-state index in [1.54, 1.807) is 30.3 Å². The van der Waals surface area contributed by atoms with E-state index in [2.05, 4.69) is 15.4 Å². The topological polar surface area (TPSA) is 149 Å². The van der Waals surface area contributed by atoms with E-state index in [-0.39, 0.29) is 24.1 Å². The van der Waals surface area contributed by atoms with Gasteiger partial charge >= 0.3 is 0 Å². The van der Waals surface area contributed by atoms with Crippen LogP contribution in [0.3, 0.4) is 0 Å². The predicted molar refractivity (Wildman–Crippen MR) is 125 cm³/mol. The van der Waals surface area contributed by atoms with Gasteiger partial charge in [-0.25, -0.2) is 5.43 Å². The molecule has 3 rings (SSSR count). The van der Waals surface area contributed by atoms with E-state index >= 15 is 0 Å². The standard InChI is InChI=1S/C23H27N5O6/c1-33-21-12-17(4-7-20(21)34-15-22(24)29)13-25-26-23(30)18-8-10-27(11-9-18)14-16-2-5-19(6-3-16)28(31)32/h2-7,12-13,18H,8-11,14-15H2,1H3,(H2,24,29)(H,26,30)/b25-13-. The maximum absolute atomic E-state index is 12.5. The minimum atomic E-state index is -0.590. The first-order valence-electron chi connectivity index (χ1n) is 10.7. The summed E-state index contributed by atoms with van der Waals surface area (Å²) in [6.07, 6.45) is 2.91. The fraction of sp³-hybridized carbons (Fsp3) is 0.348. The lowest BCUT2D eigenvalue weighted by molar-refractivity contribution is -0.384. The van der Waals surface area contributed by atoms with Gasteiger partial charge in [0.2, 0.25) is 5.91 Å². The number of nitrogens with two attached hydrogens (primary N) is 1. The number of rotatable bonds is 10. The lowest BCUT2D eigenvalue weighted by Crippen LogP contribution is -2.39. The minimum Gasteiger partial charge on any atom is -0.493 e. The van der Waals surface area contributed by atoms with Crippen LogP contribution < -0.4 is 20.6 Å². The molecule has 11 nitrogen and oxygen atoms in total. The molecule has 1 aliphatic rings. The molecule has 2 aromatic rings. The number of nitrogens with one attached hydrogen (secondary N) is 1. The van der Waals surface area contributed by atoms with Gasteiger partial charge in [0.15, 0.2) is 18.1 Å². The summed E-state index contributed by atoms with van der Waals surface area (Å²) in [7, 11) is 1.48. The first-order valence-corrected chi connectivity index (χ1v) is 10.7. The average Bonchev–Trinajstić information content (AvgIpc) is 2.83. The highest BCUT2D eigenvalue weighted by Gasteiger charge is 2.25. The molecular formula is C23H27N5O6. The van der Waals surface area contributed by atoms with Crippen LogP contribution >= 0.6 is 0 Å². The molecule has 180 valence electrons. The van der Waals surface area contributed by atoms with E-state index < -0.39 is 10.8 Å². The molecule has 1 saturated heterocycles. The van der Waals surface area contributed by atoms with Gasteiger partial charge in [0.05, 0.1) is 18.2 Å². The van der Waals surface area contributed by atoms with Crippen LogP contribution in [0.5, 0.6) is 11.5 Å². The molecule has 0 saturated carbocycles. The van der Waals surface area contributed by atoms with E-state index in [1.165, 1.54) is 25.5 Å². The van der Waals surface area contributed by atoms with E-state index in [4.69, 9.17) is 15.2 Å². The molecule has 1 heterocycles. The molecule has 2 amide bonds. The van der Waals surface area contributed by atoms with Crippen LogP contribution in [0.4, 0.5) is 5.69 Å². The Morgan fingerprint density at radius 2 is 1.91 bits per heavy atom. The Balaban J connectivity index is 1.45. The molecule has 11 heteroatoms. The number of primary amides is 1. The van der Waals surface area contributed by atoms with Gasteiger partial charge in [-0.05, 0) is 55.3 Å². The Kier molecular flexibility index (Phi) is 8.52. The minimum absolute atomic E-state index is 0.0745. The summed E-state index contributed by atoms with van der Waals surface area (Å²) >= 11 is 0. The molecule has 3 N–H and O–H groups in total. The zero-order chi connectivity index (χ0) is 24.5. The van der Waals surface area contributed by atoms with Crippen molar-refractivity contribution >= 4 is 23.7 Å². The van der Waals surface area contributed by atoms with Crippen LogP contribution in [0.25, 0.3) is 0 Å². The number of methoxy groups -OCH3 is 1. The molecule has 0 unspecified atom stereocenters. The summed E-state index contributed by atoms with van der Waals surface area (Å²) in [5, 5.41) is 14.8. The number of piperidine rings is 1. The largest absolute Gasteiger partial charge is 0.493 e. The predicted octanol–water partition coefficient (Wildman–Crippen LogP) is 1.83. The highest BCUT2D eigenvalue weighted by molar-refractivity contribution is 5.84. The maximum Gasteiger partial charge on any atom is 0.269 e. The molecule has 0 atom stereocenters. The number of benzene rings is 2. The van der Waals surface area contributed by atoms with E-state index in [1.807, 2.05) is 0 Å². The Labute approximate surface area is 196 Å². The van der Waals surface area contributed by atoms with Crippen molar-refractivity contribution in [1.82, 2.24) is 10.3 Å². The average molecular weight is 469 g/mol. The molecule has 0 aliphatic carbocycles. The highest BCUT2D eigenvalue weighted by atomic mass is 16.6. The molecule has 2 aromatic carbocycles. The Bertz CT molecular complexity index is 1050. The monoisotopic (exact) mass is 469 g/mol. The van der Waals surface area contributed by atoms with Crippen molar-refractivity contribution in [3.05, 3.63) is 63.7 Å². The summed E-state index contributed by atoms with van der Waals surface area (Å²) in [6, 6.07) is 11.5. The maximum atomic E-state index is 12.5. The lowest BCUT2D eigenvalue weighted by atomic mass is 9.96. The summed E-state index contributed by atoms with van der Waals surface area (Å²) < 4.78 is 10.5. The smallest absolute Gasteiger partial charge is 0.269 e. The SMILES string of the molecule is COc1cc(/C=N\NC(=O)C2CCN(Cc3ccc([N+](=O)[O-])cc3)CC2)ccc1OCC(N)=O. The molecule has 0 bridgehead atoms. The number of nitrogens with zero attached hydrogens (tertiary/aromatic N) is 3. The van der Waals surface area contributed by atoms with Crippen LogP contribution in [0.15, 0.2) is 47.6 Å². The van der Waals surface area contributed by atoms with Crippen LogP contribution in [0, 0.1) is 16.0 Å². The van der Waals surface area contributed by atoms with Crippen molar-refractivity contribution < 1.29 is 24.0 Å². The zero-order valence-electron chi connectivity index (χ0n) is 18.8. The Morgan fingerprint density at radius 3 is 2.53 bits per heavy atom. The summed E-state index contributed by atoms with van der Waals surface area (Å²) in [5.41, 5.74) is 9.43. The first-order chi connectivity index (χ1) is 16.4. The van der Waals surface area contributed by atoms with Gasteiger partial charge in [0, 0.05) is 24.6 Å². The number of nitro groups is 1. The fourth-order valence-corrected chi connectivity index (χ4v) is 3.63. The van der Waals surface area contributed by atoms with Gasteiger partial charge < -0.3 is 15.2 Å². The molecule has 34 heavy (non-hydrogen) atoms. The Morgan fingerprint density at radius 1 is 1.21 bits per heavy atom. The van der Waals surface area contributed by atoms with Crippen molar-refractivity contribution in [2.24, 2.45) is 16.8 Å². The van der Waals surface area contributed by atoms with Crippen LogP contribution in [0.2, 0.25) is 0 Å². The molecule has 0 spiro atoms. The van der Waals surface area contributed by atoms with Gasteiger partial charge in [-0.15, -0.1) is 0 Å². The first kappa shape index (κ1) is 24.6. The second-order valence-corrected chi connectivity index (χ2v) is 7.87. The Hall–Kier alpha value is -3.99. The highest BCUT2D eigenvalue weighted by Crippen LogP contribution is 2.27. The molecular weight excluding hydrogens is 442 g/mol. The third-order valence-electron chi connectivity index (χ3n) is 5.46. The second-order valence-electron chi connectivity index (χ2n) is 7.87. The van der Waals surface area contributed by atoms with Gasteiger partial charge in [-0.1, -0.05) is 12.1 Å². The molecule has 0 aromatic heterocycles. The van der Waals surface area contributed by atoms with E-state index in [0.29, 0.717) is 36.4 Å². The third kappa shape index (κ3) is 7.01. The third-order valence-corrected chi connectivity index (χ3v) is 5.46. The van der Waals surface area contributed by atoms with Crippen molar-refractivity contribution in [2.75, 3.05) is 26.8 Å². The van der Waals surface area contributed by atoms with Crippen molar-refractivity contribution in [3.63, 3.8) is 0 Å². The normalized spacial score (nSPS) is 14.6. The number of nitro benzene ring substituents is 1. The number of hydrogen-bond acceptors (Lipinski definition) is 8. The summed E-state index contributed by atoms with van der Waals surface area (Å²) in [4.78, 5) is 35.9. The quantitative estimate of drug-likeness (QED) is 0.306. The number of amides is 2. The van der Waals surface area contributed by atoms with Crippen LogP contribution in [-0.4, -0.2) is 54.7 Å².